The van der Waals surface area contributed by atoms with Crippen LogP contribution in [0.5, 0.6) is 5.75 Å². The number of hydrogen-bond donors (Lipinski definition) is 2. The van der Waals surface area contributed by atoms with Gasteiger partial charge in [0, 0.05) is 37.5 Å². The van der Waals surface area contributed by atoms with E-state index < -0.39 is 46.4 Å². The van der Waals surface area contributed by atoms with Gasteiger partial charge in [-0.1, -0.05) is 13.0 Å². The van der Waals surface area contributed by atoms with Crippen LogP contribution in [0.1, 0.15) is 46.7 Å². The zero-order chi connectivity index (χ0) is 22.7. The molecule has 3 rings (SSSR count). The molecule has 31 heavy (non-hydrogen) atoms. The predicted molar refractivity (Wildman–Crippen MR) is 107 cm³/mol. The van der Waals surface area contributed by atoms with Crippen LogP contribution in [-0.2, 0) is 17.8 Å². The lowest BCUT2D eigenvalue weighted by molar-refractivity contribution is -0.0605. The summed E-state index contributed by atoms with van der Waals surface area (Å²) < 4.78 is 33.8. The molecule has 1 atom stereocenters. The van der Waals surface area contributed by atoms with Gasteiger partial charge in [-0.2, -0.15) is 0 Å². The van der Waals surface area contributed by atoms with E-state index in [1.54, 1.807) is 6.92 Å². The monoisotopic (exact) mass is 435 g/mol. The molecule has 0 saturated carbocycles. The second kappa shape index (κ2) is 9.25. The Morgan fingerprint density at radius 1 is 1.29 bits per heavy atom. The molecule has 1 aliphatic rings. The number of fused-ring (bicyclic) bond motifs is 1. The molecule has 2 amide bonds. The molecular weight excluding hydrogens is 412 g/mol. The molecule has 2 aromatic rings. The number of aromatic nitrogens is 1. The average Bonchev–Trinajstić information content (AvgIpc) is 2.73. The topological polar surface area (TPSA) is 101 Å². The van der Waals surface area contributed by atoms with E-state index in [9.17, 15) is 28.3 Å². The number of nitrogens with zero attached hydrogens (tertiary/aromatic N) is 2. The summed E-state index contributed by atoms with van der Waals surface area (Å²) in [6, 6.07) is 2.91. The minimum atomic E-state index is -1.01. The SMILES string of the molecule is CCCO[C@H]1Cn2cc(C(=O)NCc3ccc(F)cc3F)c(=O)c(O)c2C(=O)N1CC. The van der Waals surface area contributed by atoms with Crippen molar-refractivity contribution in [2.45, 2.75) is 39.6 Å². The number of nitrogens with one attached hydrogen (secondary N) is 1. The second-order valence-corrected chi connectivity index (χ2v) is 7.06. The van der Waals surface area contributed by atoms with Gasteiger partial charge in [-0.3, -0.25) is 14.4 Å². The van der Waals surface area contributed by atoms with Crippen LogP contribution in [0.15, 0.2) is 29.2 Å². The Balaban J connectivity index is 1.89. The lowest BCUT2D eigenvalue weighted by atomic mass is 10.1. The van der Waals surface area contributed by atoms with E-state index in [1.807, 2.05) is 6.92 Å². The normalized spacial score (nSPS) is 15.7. The van der Waals surface area contributed by atoms with Crippen molar-refractivity contribution in [3.8, 4) is 5.75 Å². The van der Waals surface area contributed by atoms with Crippen molar-refractivity contribution >= 4 is 11.8 Å². The van der Waals surface area contributed by atoms with Gasteiger partial charge in [-0.15, -0.1) is 0 Å². The Bertz CT molecular complexity index is 1070. The third kappa shape index (κ3) is 4.43. The molecule has 2 heterocycles. The number of likely N-dealkylation sites (N-methyl/N-ethyl adjacent to an activating group) is 1. The van der Waals surface area contributed by atoms with Crippen LogP contribution in [-0.4, -0.2) is 45.8 Å². The van der Waals surface area contributed by atoms with Crippen molar-refractivity contribution in [1.82, 2.24) is 14.8 Å². The fourth-order valence-electron chi connectivity index (χ4n) is 3.39. The van der Waals surface area contributed by atoms with E-state index in [2.05, 4.69) is 5.32 Å². The second-order valence-electron chi connectivity index (χ2n) is 7.06. The van der Waals surface area contributed by atoms with E-state index in [0.717, 1.165) is 12.5 Å². The molecule has 10 heteroatoms. The van der Waals surface area contributed by atoms with Gasteiger partial charge in [0.25, 0.3) is 11.8 Å². The van der Waals surface area contributed by atoms with Crippen LogP contribution >= 0.6 is 0 Å². The Hall–Kier alpha value is -3.27. The lowest BCUT2D eigenvalue weighted by Gasteiger charge is -2.36. The minimum Gasteiger partial charge on any atom is -0.503 e. The number of ether oxygens (including phenoxy) is 1. The van der Waals surface area contributed by atoms with Gasteiger partial charge in [0.05, 0.1) is 6.54 Å². The zero-order valence-electron chi connectivity index (χ0n) is 17.2. The molecule has 0 aliphatic carbocycles. The third-order valence-electron chi connectivity index (χ3n) is 4.97. The maximum atomic E-state index is 13.8. The molecule has 0 unspecified atom stereocenters. The standard InChI is InChI=1S/C21H23F2N3O5/c1-3-7-31-16-11-25-10-14(18(27)19(28)17(25)21(30)26(16)4-2)20(29)24-9-12-5-6-13(22)8-15(12)23/h5-6,8,10,16,28H,3-4,7,9,11H2,1-2H3,(H,24,29)/t16-/m0/s1. The van der Waals surface area contributed by atoms with Gasteiger partial charge in [0.1, 0.15) is 17.2 Å². The summed E-state index contributed by atoms with van der Waals surface area (Å²) in [5.74, 6) is -3.87. The summed E-state index contributed by atoms with van der Waals surface area (Å²) >= 11 is 0. The molecule has 1 aromatic carbocycles. The molecule has 1 aliphatic heterocycles. The number of carbonyl (C=O) groups excluding carboxylic acids is 2. The largest absolute Gasteiger partial charge is 0.503 e. The number of benzene rings is 1. The molecular formula is C21H23F2N3O5. The molecule has 8 nitrogen and oxygen atoms in total. The van der Waals surface area contributed by atoms with E-state index in [0.29, 0.717) is 19.2 Å². The smallest absolute Gasteiger partial charge is 0.276 e. The van der Waals surface area contributed by atoms with Crippen LogP contribution in [0.3, 0.4) is 0 Å². The average molecular weight is 435 g/mol. The van der Waals surface area contributed by atoms with Crippen LogP contribution in [0, 0.1) is 11.6 Å². The highest BCUT2D eigenvalue weighted by molar-refractivity contribution is 5.99. The summed E-state index contributed by atoms with van der Waals surface area (Å²) in [5.41, 5.74) is -1.61. The maximum absolute atomic E-state index is 13.8. The summed E-state index contributed by atoms with van der Waals surface area (Å²) in [5, 5.41) is 12.8. The summed E-state index contributed by atoms with van der Waals surface area (Å²) in [7, 11) is 0. The summed E-state index contributed by atoms with van der Waals surface area (Å²) in [6.07, 6.45) is 1.30. The molecule has 0 saturated heterocycles. The molecule has 0 spiro atoms. The van der Waals surface area contributed by atoms with Crippen LogP contribution in [0.25, 0.3) is 0 Å². The molecule has 2 N–H and O–H groups in total. The van der Waals surface area contributed by atoms with Crippen molar-refractivity contribution in [3.05, 3.63) is 63.1 Å². The maximum Gasteiger partial charge on any atom is 0.276 e. The molecule has 0 radical (unpaired) electrons. The number of carbonyl (C=O) groups is 2. The number of rotatable bonds is 7. The Morgan fingerprint density at radius 2 is 2.03 bits per heavy atom. The first kappa shape index (κ1) is 22.4. The van der Waals surface area contributed by atoms with E-state index in [-0.39, 0.29) is 24.3 Å². The molecule has 0 fully saturated rings. The van der Waals surface area contributed by atoms with Gasteiger partial charge in [-0.05, 0) is 19.4 Å². The van der Waals surface area contributed by atoms with E-state index >= 15 is 0 Å². The highest BCUT2D eigenvalue weighted by atomic mass is 19.1. The van der Waals surface area contributed by atoms with E-state index in [1.165, 1.54) is 21.7 Å². The molecule has 1 aromatic heterocycles. The molecule has 166 valence electrons. The Morgan fingerprint density at radius 3 is 2.68 bits per heavy atom. The zero-order valence-corrected chi connectivity index (χ0v) is 17.2. The molecule has 0 bridgehead atoms. The fraction of sp³-hybridized carbons (Fsp3) is 0.381. The van der Waals surface area contributed by atoms with Crippen molar-refractivity contribution in [3.63, 3.8) is 0 Å². The van der Waals surface area contributed by atoms with E-state index in [4.69, 9.17) is 4.74 Å². The summed E-state index contributed by atoms with van der Waals surface area (Å²) in [6.45, 7) is 4.22. The fourth-order valence-corrected chi connectivity index (χ4v) is 3.39. The Labute approximate surface area is 177 Å². The van der Waals surface area contributed by atoms with Crippen LogP contribution in [0.4, 0.5) is 8.78 Å². The number of aromatic hydroxyl groups is 1. The first-order chi connectivity index (χ1) is 14.8. The Kier molecular flexibility index (Phi) is 6.69. The third-order valence-corrected chi connectivity index (χ3v) is 4.97. The number of amides is 2. The number of halogens is 2. The van der Waals surface area contributed by atoms with Gasteiger partial charge in [-0.25, -0.2) is 8.78 Å². The van der Waals surface area contributed by atoms with Crippen LogP contribution < -0.4 is 10.7 Å². The minimum absolute atomic E-state index is 0.0267. The van der Waals surface area contributed by atoms with Crippen molar-refractivity contribution in [1.29, 1.82) is 0 Å². The highest BCUT2D eigenvalue weighted by Crippen LogP contribution is 2.24. The predicted octanol–water partition coefficient (Wildman–Crippen LogP) is 1.99. The van der Waals surface area contributed by atoms with Gasteiger partial charge < -0.3 is 24.6 Å². The number of hydrogen-bond acceptors (Lipinski definition) is 5. The first-order valence-electron chi connectivity index (χ1n) is 9.89. The first-order valence-corrected chi connectivity index (χ1v) is 9.89. The highest BCUT2D eigenvalue weighted by Gasteiger charge is 2.35. The van der Waals surface area contributed by atoms with Gasteiger partial charge in [0.15, 0.2) is 17.7 Å². The van der Waals surface area contributed by atoms with Crippen molar-refractivity contribution < 1.29 is 28.2 Å². The van der Waals surface area contributed by atoms with Crippen molar-refractivity contribution in [2.24, 2.45) is 0 Å². The quantitative estimate of drug-likeness (QED) is 0.693. The summed E-state index contributed by atoms with van der Waals surface area (Å²) in [4.78, 5) is 39.3. The van der Waals surface area contributed by atoms with Gasteiger partial charge in [0.2, 0.25) is 5.43 Å². The van der Waals surface area contributed by atoms with Crippen molar-refractivity contribution in [2.75, 3.05) is 13.2 Å². The van der Waals surface area contributed by atoms with Crippen LogP contribution in [0.2, 0.25) is 0 Å². The van der Waals surface area contributed by atoms with Gasteiger partial charge >= 0.3 is 0 Å². The number of pyridine rings is 1. The lowest BCUT2D eigenvalue weighted by Crippen LogP contribution is -2.50.